The van der Waals surface area contributed by atoms with Gasteiger partial charge in [-0.05, 0) is 36.8 Å². The van der Waals surface area contributed by atoms with Crippen LogP contribution in [0.4, 0.5) is 10.8 Å². The molecule has 2 aromatic carbocycles. The van der Waals surface area contributed by atoms with Crippen LogP contribution in [0.1, 0.15) is 12.8 Å². The van der Waals surface area contributed by atoms with Crippen molar-refractivity contribution < 1.29 is 13.2 Å². The molecule has 4 rings (SSSR count). The van der Waals surface area contributed by atoms with E-state index in [9.17, 15) is 18.0 Å². The van der Waals surface area contributed by atoms with E-state index in [1.807, 2.05) is 30.3 Å². The monoisotopic (exact) mass is 495 g/mol. The molecular weight excluding hydrogens is 474 g/mol. The fourth-order valence-electron chi connectivity index (χ4n) is 3.15. The van der Waals surface area contributed by atoms with Gasteiger partial charge in [-0.15, -0.1) is 11.3 Å². The smallest absolute Gasteiger partial charge is 0.266 e. The lowest BCUT2D eigenvalue weighted by molar-refractivity contribution is -0.116. The summed E-state index contributed by atoms with van der Waals surface area (Å²) in [6.45, 7) is 0.298. The second-order valence-electron chi connectivity index (χ2n) is 7.26. The summed E-state index contributed by atoms with van der Waals surface area (Å²) in [5, 5.41) is 9.07. The van der Waals surface area contributed by atoms with Crippen LogP contribution in [0.5, 0.6) is 0 Å². The van der Waals surface area contributed by atoms with E-state index < -0.39 is 10.0 Å². The number of nitrogens with zero attached hydrogens (tertiary/aromatic N) is 3. The number of carbonyl (C=O) groups is 1. The zero-order valence-electron chi connectivity index (χ0n) is 17.9. The maximum Gasteiger partial charge on any atom is 0.266 e. The van der Waals surface area contributed by atoms with Crippen molar-refractivity contribution in [1.82, 2.24) is 14.8 Å². The Kier molecular flexibility index (Phi) is 7.14. The molecule has 4 aromatic rings. The molecule has 34 heavy (non-hydrogen) atoms. The van der Waals surface area contributed by atoms with Gasteiger partial charge in [0.15, 0.2) is 5.13 Å². The Hall–Kier alpha value is -3.83. The van der Waals surface area contributed by atoms with Crippen molar-refractivity contribution in [2.75, 3.05) is 10.0 Å². The lowest BCUT2D eigenvalue weighted by atomic mass is 10.1. The first kappa shape index (κ1) is 23.3. The van der Waals surface area contributed by atoms with Crippen molar-refractivity contribution in [1.29, 1.82) is 0 Å². The Labute approximate surface area is 200 Å². The molecule has 2 aromatic heterocycles. The Morgan fingerprint density at radius 1 is 1.00 bits per heavy atom. The molecule has 1 amide bonds. The largest absolute Gasteiger partial charge is 0.326 e. The first-order valence-electron chi connectivity index (χ1n) is 10.4. The minimum absolute atomic E-state index is 0.0597. The highest BCUT2D eigenvalue weighted by Gasteiger charge is 2.15. The van der Waals surface area contributed by atoms with Crippen LogP contribution in [-0.4, -0.2) is 29.1 Å². The first-order valence-corrected chi connectivity index (χ1v) is 12.7. The van der Waals surface area contributed by atoms with Gasteiger partial charge in [0.1, 0.15) is 0 Å². The average Bonchev–Trinajstić information content (AvgIpc) is 3.33. The predicted molar refractivity (Wildman–Crippen MR) is 131 cm³/mol. The van der Waals surface area contributed by atoms with Gasteiger partial charge in [0.25, 0.3) is 15.6 Å². The number of sulfonamides is 1. The van der Waals surface area contributed by atoms with Crippen LogP contribution in [0, 0.1) is 0 Å². The maximum absolute atomic E-state index is 12.4. The van der Waals surface area contributed by atoms with E-state index in [2.05, 4.69) is 20.1 Å². The third-order valence-electron chi connectivity index (χ3n) is 4.81. The fourth-order valence-corrected chi connectivity index (χ4v) is 4.94. The Morgan fingerprint density at radius 2 is 1.76 bits per heavy atom. The van der Waals surface area contributed by atoms with Gasteiger partial charge in [0, 0.05) is 41.9 Å². The highest BCUT2D eigenvalue weighted by Crippen LogP contribution is 2.20. The zero-order chi connectivity index (χ0) is 24.0. The van der Waals surface area contributed by atoms with E-state index >= 15 is 0 Å². The molecule has 0 aliphatic carbocycles. The van der Waals surface area contributed by atoms with E-state index in [1.165, 1.54) is 52.5 Å². The van der Waals surface area contributed by atoms with Crippen LogP contribution >= 0.6 is 11.3 Å². The zero-order valence-corrected chi connectivity index (χ0v) is 19.6. The highest BCUT2D eigenvalue weighted by atomic mass is 32.2. The predicted octanol–water partition coefficient (Wildman–Crippen LogP) is 3.59. The number of thiazole rings is 1. The molecule has 0 spiro atoms. The number of carbonyl (C=O) groups excluding carboxylic acids is 1. The number of anilines is 2. The third kappa shape index (κ3) is 5.94. The summed E-state index contributed by atoms with van der Waals surface area (Å²) in [6, 6.07) is 18.5. The van der Waals surface area contributed by atoms with E-state index in [0.717, 1.165) is 5.56 Å². The van der Waals surface area contributed by atoms with Crippen LogP contribution < -0.4 is 15.6 Å². The number of aryl methyl sites for hydroxylation is 1. The fraction of sp³-hybridized carbons (Fsp3) is 0.130. The standard InChI is InChI=1S/C23H21N5O4S2/c29-21(7-4-15-28-22(30)13-12-20(26-28)17-5-2-1-3-6-17)25-18-8-10-19(11-9-18)34(31,32)27-23-24-14-16-33-23/h1-3,5-6,8-14,16H,4,7,15H2,(H,24,27)(H,25,29). The van der Waals surface area contributed by atoms with Gasteiger partial charge in [-0.25, -0.2) is 18.1 Å². The van der Waals surface area contributed by atoms with Gasteiger partial charge in [0.05, 0.1) is 10.6 Å². The van der Waals surface area contributed by atoms with Crippen LogP contribution in [0.15, 0.2) is 88.0 Å². The van der Waals surface area contributed by atoms with Gasteiger partial charge in [0.2, 0.25) is 5.91 Å². The molecule has 2 N–H and O–H groups in total. The van der Waals surface area contributed by atoms with Gasteiger partial charge >= 0.3 is 0 Å². The summed E-state index contributed by atoms with van der Waals surface area (Å²) in [7, 11) is -3.76. The van der Waals surface area contributed by atoms with Crippen molar-refractivity contribution in [3.63, 3.8) is 0 Å². The average molecular weight is 496 g/mol. The number of aromatic nitrogens is 3. The molecule has 0 aliphatic rings. The number of rotatable bonds is 9. The molecule has 0 radical (unpaired) electrons. The van der Waals surface area contributed by atoms with Crippen molar-refractivity contribution in [2.24, 2.45) is 0 Å². The van der Waals surface area contributed by atoms with Gasteiger partial charge < -0.3 is 5.32 Å². The molecule has 2 heterocycles. The van der Waals surface area contributed by atoms with Crippen LogP contribution in [0.3, 0.4) is 0 Å². The number of benzene rings is 2. The maximum atomic E-state index is 12.4. The van der Waals surface area contributed by atoms with Crippen molar-refractivity contribution in [3.8, 4) is 11.3 Å². The summed E-state index contributed by atoms with van der Waals surface area (Å²) in [4.78, 5) is 28.4. The lowest BCUT2D eigenvalue weighted by Crippen LogP contribution is -2.23. The van der Waals surface area contributed by atoms with Crippen LogP contribution in [0.2, 0.25) is 0 Å². The highest BCUT2D eigenvalue weighted by molar-refractivity contribution is 7.93. The van der Waals surface area contributed by atoms with Crippen LogP contribution in [0.25, 0.3) is 11.3 Å². The van der Waals surface area contributed by atoms with Crippen molar-refractivity contribution in [2.45, 2.75) is 24.3 Å². The molecule has 11 heteroatoms. The molecule has 0 aliphatic heterocycles. The van der Waals surface area contributed by atoms with Crippen LogP contribution in [-0.2, 0) is 21.4 Å². The molecule has 0 saturated heterocycles. The summed E-state index contributed by atoms with van der Waals surface area (Å²) < 4.78 is 28.5. The van der Waals surface area contributed by atoms with Gasteiger partial charge in [-0.2, -0.15) is 5.10 Å². The first-order chi connectivity index (χ1) is 16.4. The van der Waals surface area contributed by atoms with E-state index in [-0.39, 0.29) is 27.9 Å². The molecule has 0 fully saturated rings. The molecule has 0 atom stereocenters. The summed E-state index contributed by atoms with van der Waals surface area (Å²) in [6.07, 6.45) is 2.10. The summed E-state index contributed by atoms with van der Waals surface area (Å²) >= 11 is 1.18. The van der Waals surface area contributed by atoms with Gasteiger partial charge in [-0.1, -0.05) is 30.3 Å². The number of amides is 1. The topological polar surface area (TPSA) is 123 Å². The Morgan fingerprint density at radius 3 is 2.47 bits per heavy atom. The summed E-state index contributed by atoms with van der Waals surface area (Å²) in [5.41, 5.74) is 1.83. The van der Waals surface area contributed by atoms with Crippen molar-refractivity contribution in [3.05, 3.63) is 88.7 Å². The lowest BCUT2D eigenvalue weighted by Gasteiger charge is -2.09. The molecular formula is C23H21N5O4S2. The Balaban J connectivity index is 1.31. The van der Waals surface area contributed by atoms with E-state index in [0.29, 0.717) is 24.3 Å². The second-order valence-corrected chi connectivity index (χ2v) is 9.84. The molecule has 0 unspecified atom stereocenters. The number of hydrogen-bond acceptors (Lipinski definition) is 7. The van der Waals surface area contributed by atoms with Gasteiger partial charge in [-0.3, -0.25) is 14.3 Å². The summed E-state index contributed by atoms with van der Waals surface area (Å²) in [5.74, 6) is -0.246. The number of nitrogens with one attached hydrogen (secondary N) is 2. The SMILES string of the molecule is O=C(CCCn1nc(-c2ccccc2)ccc1=O)Nc1ccc(S(=O)(=O)Nc2nccs2)cc1. The number of hydrogen-bond donors (Lipinski definition) is 2. The molecule has 174 valence electrons. The molecule has 0 bridgehead atoms. The normalized spacial score (nSPS) is 11.2. The van der Waals surface area contributed by atoms with E-state index in [1.54, 1.807) is 11.4 Å². The quantitative estimate of drug-likeness (QED) is 0.366. The third-order valence-corrected chi connectivity index (χ3v) is 6.98. The Bertz CT molecular complexity index is 1420. The van der Waals surface area contributed by atoms with E-state index in [4.69, 9.17) is 0 Å². The minimum Gasteiger partial charge on any atom is -0.326 e. The molecule has 9 nitrogen and oxygen atoms in total. The molecule has 0 saturated carbocycles. The minimum atomic E-state index is -3.76. The van der Waals surface area contributed by atoms with Crippen molar-refractivity contribution >= 4 is 38.1 Å². The second kappa shape index (κ2) is 10.4.